The molecule has 6 heteroatoms. The fraction of sp³-hybridized carbons (Fsp3) is 0.412. The summed E-state index contributed by atoms with van der Waals surface area (Å²) in [5.74, 6) is 1.03. The summed E-state index contributed by atoms with van der Waals surface area (Å²) in [6.07, 6.45) is 4.33. The second-order valence-electron chi connectivity index (χ2n) is 5.78. The summed E-state index contributed by atoms with van der Waals surface area (Å²) >= 11 is 1.64. The van der Waals surface area contributed by atoms with Gasteiger partial charge in [0.05, 0.1) is 6.04 Å². The number of pyridine rings is 1. The molecule has 2 N–H and O–H groups in total. The van der Waals surface area contributed by atoms with Crippen molar-refractivity contribution in [2.75, 3.05) is 18.0 Å². The number of urea groups is 1. The lowest BCUT2D eigenvalue weighted by Gasteiger charge is -2.16. The highest BCUT2D eigenvalue weighted by Crippen LogP contribution is 2.18. The number of thiophene rings is 1. The molecule has 2 amide bonds. The van der Waals surface area contributed by atoms with Crippen molar-refractivity contribution in [2.45, 2.75) is 32.4 Å². The molecule has 0 bridgehead atoms. The summed E-state index contributed by atoms with van der Waals surface area (Å²) in [6, 6.07) is 7.94. The zero-order chi connectivity index (χ0) is 16.1. The fourth-order valence-corrected chi connectivity index (χ4v) is 3.43. The lowest BCUT2D eigenvalue weighted by atomic mass is 10.2. The molecule has 122 valence electrons. The number of hydrogen-bond donors (Lipinski definition) is 2. The zero-order valence-electron chi connectivity index (χ0n) is 13.3. The van der Waals surface area contributed by atoms with E-state index in [0.29, 0.717) is 6.54 Å². The highest BCUT2D eigenvalue weighted by molar-refractivity contribution is 7.10. The Hall–Kier alpha value is -2.08. The van der Waals surface area contributed by atoms with Gasteiger partial charge in [0.25, 0.3) is 0 Å². The Morgan fingerprint density at radius 1 is 1.35 bits per heavy atom. The number of aromatic nitrogens is 1. The minimum atomic E-state index is -0.158. The highest BCUT2D eigenvalue weighted by Gasteiger charge is 2.13. The first-order valence-electron chi connectivity index (χ1n) is 8.00. The van der Waals surface area contributed by atoms with Crippen molar-refractivity contribution in [2.24, 2.45) is 0 Å². The van der Waals surface area contributed by atoms with Crippen LogP contribution in [0.25, 0.3) is 0 Å². The van der Waals surface area contributed by atoms with Gasteiger partial charge in [0.15, 0.2) is 0 Å². The van der Waals surface area contributed by atoms with E-state index in [1.54, 1.807) is 11.3 Å². The Kier molecular flexibility index (Phi) is 5.12. The van der Waals surface area contributed by atoms with Crippen molar-refractivity contribution in [3.63, 3.8) is 0 Å². The van der Waals surface area contributed by atoms with E-state index in [-0.39, 0.29) is 12.1 Å². The first-order chi connectivity index (χ1) is 11.2. The number of rotatable bonds is 5. The molecule has 0 saturated carbocycles. The Labute approximate surface area is 140 Å². The molecule has 0 radical (unpaired) electrons. The van der Waals surface area contributed by atoms with E-state index >= 15 is 0 Å². The van der Waals surface area contributed by atoms with E-state index < -0.39 is 0 Å². The molecule has 0 aliphatic carbocycles. The maximum Gasteiger partial charge on any atom is 0.315 e. The largest absolute Gasteiger partial charge is 0.357 e. The van der Waals surface area contributed by atoms with Crippen LogP contribution in [0.2, 0.25) is 0 Å². The van der Waals surface area contributed by atoms with Gasteiger partial charge in [-0.05, 0) is 42.8 Å². The monoisotopic (exact) mass is 330 g/mol. The van der Waals surface area contributed by atoms with Crippen molar-refractivity contribution in [3.8, 4) is 0 Å². The van der Waals surface area contributed by atoms with Crippen molar-refractivity contribution in [1.29, 1.82) is 0 Å². The molecule has 3 rings (SSSR count). The maximum atomic E-state index is 12.0. The second-order valence-corrected chi connectivity index (χ2v) is 6.76. The van der Waals surface area contributed by atoms with Crippen LogP contribution in [0.1, 0.15) is 36.2 Å². The fourth-order valence-electron chi connectivity index (χ4n) is 2.69. The van der Waals surface area contributed by atoms with Gasteiger partial charge < -0.3 is 15.5 Å². The van der Waals surface area contributed by atoms with Gasteiger partial charge in [0, 0.05) is 30.7 Å². The predicted molar refractivity (Wildman–Crippen MR) is 93.8 cm³/mol. The van der Waals surface area contributed by atoms with Gasteiger partial charge in [-0.1, -0.05) is 12.1 Å². The third kappa shape index (κ3) is 4.22. The quantitative estimate of drug-likeness (QED) is 0.884. The maximum absolute atomic E-state index is 12.0. The van der Waals surface area contributed by atoms with E-state index in [0.717, 1.165) is 29.3 Å². The highest BCUT2D eigenvalue weighted by atomic mass is 32.1. The normalized spacial score (nSPS) is 15.4. The average molecular weight is 330 g/mol. The summed E-state index contributed by atoms with van der Waals surface area (Å²) < 4.78 is 0. The third-order valence-electron chi connectivity index (χ3n) is 4.01. The van der Waals surface area contributed by atoms with Gasteiger partial charge in [-0.3, -0.25) is 0 Å². The van der Waals surface area contributed by atoms with Gasteiger partial charge in [0.2, 0.25) is 0 Å². The minimum Gasteiger partial charge on any atom is -0.357 e. The number of anilines is 1. The van der Waals surface area contributed by atoms with Gasteiger partial charge in [-0.2, -0.15) is 0 Å². The summed E-state index contributed by atoms with van der Waals surface area (Å²) in [6.45, 7) is 4.65. The summed E-state index contributed by atoms with van der Waals surface area (Å²) in [5.41, 5.74) is 1.01. The molecule has 1 unspecified atom stereocenters. The molecule has 1 saturated heterocycles. The standard InChI is InChI=1S/C17H22N4OS/c1-13(15-5-4-10-23-15)20-17(22)19-12-14-6-7-16(18-11-14)21-8-2-3-9-21/h4-7,10-11,13H,2-3,8-9,12H2,1H3,(H2,19,20,22). The number of amides is 2. The lowest BCUT2D eigenvalue weighted by Crippen LogP contribution is -2.36. The first kappa shape index (κ1) is 15.8. The van der Waals surface area contributed by atoms with Crippen LogP contribution in [-0.4, -0.2) is 24.1 Å². The number of nitrogens with one attached hydrogen (secondary N) is 2. The van der Waals surface area contributed by atoms with Crippen molar-refractivity contribution in [1.82, 2.24) is 15.6 Å². The van der Waals surface area contributed by atoms with Crippen molar-refractivity contribution >= 4 is 23.2 Å². The molecule has 1 aliphatic heterocycles. The van der Waals surface area contributed by atoms with E-state index in [1.807, 2.05) is 42.8 Å². The third-order valence-corrected chi connectivity index (χ3v) is 5.06. The van der Waals surface area contributed by atoms with E-state index in [1.165, 1.54) is 12.8 Å². The molecular formula is C17H22N4OS. The lowest BCUT2D eigenvalue weighted by molar-refractivity contribution is 0.237. The van der Waals surface area contributed by atoms with Gasteiger partial charge >= 0.3 is 6.03 Å². The second kappa shape index (κ2) is 7.46. The van der Waals surface area contributed by atoms with Gasteiger partial charge in [-0.25, -0.2) is 9.78 Å². The average Bonchev–Trinajstić information content (AvgIpc) is 3.26. The molecule has 1 aliphatic rings. The van der Waals surface area contributed by atoms with Crippen LogP contribution < -0.4 is 15.5 Å². The molecule has 1 atom stereocenters. The Morgan fingerprint density at radius 3 is 2.83 bits per heavy atom. The molecule has 23 heavy (non-hydrogen) atoms. The number of carbonyl (C=O) groups excluding carboxylic acids is 1. The molecule has 0 spiro atoms. The van der Waals surface area contributed by atoms with Crippen LogP contribution in [0.4, 0.5) is 10.6 Å². The molecular weight excluding hydrogens is 308 g/mol. The first-order valence-corrected chi connectivity index (χ1v) is 8.88. The van der Waals surface area contributed by atoms with Crippen LogP contribution in [0.15, 0.2) is 35.8 Å². The van der Waals surface area contributed by atoms with Crippen LogP contribution in [0.5, 0.6) is 0 Å². The molecule has 5 nitrogen and oxygen atoms in total. The van der Waals surface area contributed by atoms with E-state index in [9.17, 15) is 4.79 Å². The van der Waals surface area contributed by atoms with Crippen molar-refractivity contribution < 1.29 is 4.79 Å². The molecule has 2 aromatic rings. The van der Waals surface area contributed by atoms with Gasteiger partial charge in [0.1, 0.15) is 5.82 Å². The Balaban J connectivity index is 1.47. The number of carbonyl (C=O) groups is 1. The SMILES string of the molecule is CC(NC(=O)NCc1ccc(N2CCCC2)nc1)c1cccs1. The van der Waals surface area contributed by atoms with Crippen LogP contribution in [0, 0.1) is 0 Å². The minimum absolute atomic E-state index is 0.0191. The Morgan fingerprint density at radius 2 is 2.17 bits per heavy atom. The van der Waals surface area contributed by atoms with Crippen molar-refractivity contribution in [3.05, 3.63) is 46.3 Å². The summed E-state index contributed by atoms with van der Waals surface area (Å²) in [5, 5.41) is 7.84. The smallest absolute Gasteiger partial charge is 0.315 e. The summed E-state index contributed by atoms with van der Waals surface area (Å²) in [4.78, 5) is 19.9. The molecule has 0 aromatic carbocycles. The predicted octanol–water partition coefficient (Wildman–Crippen LogP) is 3.30. The molecule has 2 aromatic heterocycles. The zero-order valence-corrected chi connectivity index (χ0v) is 14.1. The summed E-state index contributed by atoms with van der Waals surface area (Å²) in [7, 11) is 0. The molecule has 3 heterocycles. The van der Waals surface area contributed by atoms with Crippen LogP contribution >= 0.6 is 11.3 Å². The van der Waals surface area contributed by atoms with E-state index in [4.69, 9.17) is 0 Å². The number of hydrogen-bond acceptors (Lipinski definition) is 4. The van der Waals surface area contributed by atoms with Crippen LogP contribution in [-0.2, 0) is 6.54 Å². The molecule has 1 fully saturated rings. The topological polar surface area (TPSA) is 57.3 Å². The van der Waals surface area contributed by atoms with Gasteiger partial charge in [-0.15, -0.1) is 11.3 Å². The van der Waals surface area contributed by atoms with E-state index in [2.05, 4.69) is 20.5 Å². The number of nitrogens with zero attached hydrogens (tertiary/aromatic N) is 2. The Bertz CT molecular complexity index is 621. The van der Waals surface area contributed by atoms with Crippen LogP contribution in [0.3, 0.4) is 0 Å².